The van der Waals surface area contributed by atoms with Gasteiger partial charge in [-0.3, -0.25) is 4.79 Å². The molecule has 0 aliphatic carbocycles. The number of aryl methyl sites for hydroxylation is 1. The van der Waals surface area contributed by atoms with Crippen LogP contribution in [0.25, 0.3) is 0 Å². The Bertz CT molecular complexity index is 499. The number of aliphatic carboxylic acids is 2. The number of carbonyl (C=O) groups is 3. The number of carboxylic acids is 2. The fourth-order valence-corrected chi connectivity index (χ4v) is 1.46. The molecule has 9 heteroatoms. The highest BCUT2D eigenvalue weighted by Crippen LogP contribution is 1.98. The molecule has 1 aromatic heterocycles. The molecular weight excluding hydrogens is 268 g/mol. The Kier molecular flexibility index (Phi) is 5.51. The Labute approximate surface area is 114 Å². The van der Waals surface area contributed by atoms with Crippen LogP contribution < -0.4 is 10.6 Å². The molecule has 0 aromatic carbocycles. The molecule has 20 heavy (non-hydrogen) atoms. The molecule has 1 heterocycles. The first-order valence-electron chi connectivity index (χ1n) is 5.85. The van der Waals surface area contributed by atoms with Crippen molar-refractivity contribution in [3.8, 4) is 0 Å². The van der Waals surface area contributed by atoms with E-state index in [1.807, 2.05) is 0 Å². The summed E-state index contributed by atoms with van der Waals surface area (Å²) in [7, 11) is 1.76. The Morgan fingerprint density at radius 3 is 2.60 bits per heavy atom. The topological polar surface area (TPSA) is 134 Å². The summed E-state index contributed by atoms with van der Waals surface area (Å²) in [6.07, 6.45) is 2.76. The summed E-state index contributed by atoms with van der Waals surface area (Å²) in [5.41, 5.74) is 0. The van der Waals surface area contributed by atoms with Crippen molar-refractivity contribution in [2.45, 2.75) is 25.4 Å². The van der Waals surface area contributed by atoms with Crippen molar-refractivity contribution in [1.29, 1.82) is 0 Å². The largest absolute Gasteiger partial charge is 0.481 e. The van der Waals surface area contributed by atoms with Crippen LogP contribution in [0.3, 0.4) is 0 Å². The van der Waals surface area contributed by atoms with Gasteiger partial charge in [0.15, 0.2) is 0 Å². The van der Waals surface area contributed by atoms with Gasteiger partial charge < -0.3 is 25.4 Å². The molecule has 1 aromatic rings. The first-order valence-corrected chi connectivity index (χ1v) is 5.85. The van der Waals surface area contributed by atoms with E-state index in [1.165, 1.54) is 0 Å². The van der Waals surface area contributed by atoms with Crippen molar-refractivity contribution in [3.05, 3.63) is 18.2 Å². The molecule has 2 amide bonds. The molecule has 1 atom stereocenters. The van der Waals surface area contributed by atoms with Gasteiger partial charge in [-0.25, -0.2) is 14.6 Å². The lowest BCUT2D eigenvalue weighted by atomic mass is 10.1. The molecule has 0 bridgehead atoms. The van der Waals surface area contributed by atoms with Crippen LogP contribution in [-0.2, 0) is 23.2 Å². The van der Waals surface area contributed by atoms with E-state index in [4.69, 9.17) is 10.2 Å². The number of nitrogens with one attached hydrogen (secondary N) is 2. The Morgan fingerprint density at radius 2 is 2.10 bits per heavy atom. The Morgan fingerprint density at radius 1 is 1.40 bits per heavy atom. The maximum atomic E-state index is 11.5. The maximum absolute atomic E-state index is 11.5. The van der Waals surface area contributed by atoms with Gasteiger partial charge in [-0.1, -0.05) is 0 Å². The standard InChI is InChI=1S/C11H16N4O5/c1-15-5-4-12-8(15)6-13-11(20)14-7(10(18)19)2-3-9(16)17/h4-5,7H,2-3,6H2,1H3,(H,16,17)(H,18,19)(H2,13,14,20)/t7-/m0/s1. The molecule has 1 rings (SSSR count). The highest BCUT2D eigenvalue weighted by Gasteiger charge is 2.20. The van der Waals surface area contributed by atoms with Gasteiger partial charge >= 0.3 is 18.0 Å². The van der Waals surface area contributed by atoms with Crippen LogP contribution in [0.4, 0.5) is 4.79 Å². The van der Waals surface area contributed by atoms with E-state index in [0.29, 0.717) is 5.82 Å². The lowest BCUT2D eigenvalue weighted by Gasteiger charge is -2.14. The number of urea groups is 1. The number of carboxylic acid groups (broad SMARTS) is 2. The molecule has 0 saturated carbocycles. The molecule has 0 aliphatic rings. The molecule has 0 aliphatic heterocycles. The lowest BCUT2D eigenvalue weighted by molar-refractivity contribution is -0.140. The number of hydrogen-bond acceptors (Lipinski definition) is 4. The summed E-state index contributed by atoms with van der Waals surface area (Å²) in [4.78, 5) is 36.8. The van der Waals surface area contributed by atoms with E-state index < -0.39 is 24.0 Å². The average molecular weight is 284 g/mol. The average Bonchev–Trinajstić information content (AvgIpc) is 2.77. The van der Waals surface area contributed by atoms with Crippen molar-refractivity contribution in [1.82, 2.24) is 20.2 Å². The van der Waals surface area contributed by atoms with E-state index in [9.17, 15) is 14.4 Å². The zero-order chi connectivity index (χ0) is 15.1. The number of nitrogens with zero attached hydrogens (tertiary/aromatic N) is 2. The van der Waals surface area contributed by atoms with Gasteiger partial charge in [0, 0.05) is 25.9 Å². The van der Waals surface area contributed by atoms with Crippen molar-refractivity contribution < 1.29 is 24.6 Å². The summed E-state index contributed by atoms with van der Waals surface area (Å²) in [5, 5.41) is 22.0. The Hall–Kier alpha value is -2.58. The molecule has 0 saturated heterocycles. The van der Waals surface area contributed by atoms with Gasteiger partial charge in [-0.2, -0.15) is 0 Å². The van der Waals surface area contributed by atoms with Gasteiger partial charge in [0.1, 0.15) is 11.9 Å². The predicted molar refractivity (Wildman–Crippen MR) is 66.9 cm³/mol. The van der Waals surface area contributed by atoms with E-state index >= 15 is 0 Å². The van der Waals surface area contributed by atoms with E-state index in [2.05, 4.69) is 15.6 Å². The van der Waals surface area contributed by atoms with Crippen LogP contribution >= 0.6 is 0 Å². The lowest BCUT2D eigenvalue weighted by Crippen LogP contribution is -2.46. The molecule has 0 spiro atoms. The summed E-state index contributed by atoms with van der Waals surface area (Å²) in [5.74, 6) is -1.79. The minimum atomic E-state index is -1.28. The molecular formula is C11H16N4O5. The van der Waals surface area contributed by atoms with Crippen LogP contribution in [0.5, 0.6) is 0 Å². The highest BCUT2D eigenvalue weighted by atomic mass is 16.4. The SMILES string of the molecule is Cn1ccnc1CNC(=O)N[C@@H](CCC(=O)O)C(=O)O. The number of hydrogen-bond donors (Lipinski definition) is 4. The zero-order valence-corrected chi connectivity index (χ0v) is 10.9. The smallest absolute Gasteiger partial charge is 0.326 e. The number of aromatic nitrogens is 2. The molecule has 0 fully saturated rings. The first-order chi connectivity index (χ1) is 9.40. The second-order valence-electron chi connectivity index (χ2n) is 4.10. The van der Waals surface area contributed by atoms with Crippen molar-refractivity contribution in [2.75, 3.05) is 0 Å². The summed E-state index contributed by atoms with van der Waals surface area (Å²) in [6, 6.07) is -1.93. The van der Waals surface area contributed by atoms with Crippen LogP contribution in [0.15, 0.2) is 12.4 Å². The van der Waals surface area contributed by atoms with Crippen LogP contribution in [0.1, 0.15) is 18.7 Å². The van der Waals surface area contributed by atoms with Crippen LogP contribution in [-0.4, -0.2) is 43.8 Å². The molecule has 0 unspecified atom stereocenters. The van der Waals surface area contributed by atoms with E-state index in [0.717, 1.165) is 0 Å². The van der Waals surface area contributed by atoms with Gasteiger partial charge in [0.05, 0.1) is 6.54 Å². The molecule has 4 N–H and O–H groups in total. The summed E-state index contributed by atoms with van der Waals surface area (Å²) in [6.45, 7) is 0.139. The maximum Gasteiger partial charge on any atom is 0.326 e. The monoisotopic (exact) mass is 284 g/mol. The predicted octanol–water partition coefficient (Wildman–Crippen LogP) is -0.463. The third kappa shape index (κ3) is 4.96. The number of imidazole rings is 1. The second-order valence-corrected chi connectivity index (χ2v) is 4.10. The summed E-state index contributed by atoms with van der Waals surface area (Å²) < 4.78 is 1.71. The van der Waals surface area contributed by atoms with Crippen LogP contribution in [0, 0.1) is 0 Å². The Balaban J connectivity index is 2.43. The quantitative estimate of drug-likeness (QED) is 0.535. The fourth-order valence-electron chi connectivity index (χ4n) is 1.46. The highest BCUT2D eigenvalue weighted by molar-refractivity contribution is 5.82. The van der Waals surface area contributed by atoms with Crippen LogP contribution in [0.2, 0.25) is 0 Å². The van der Waals surface area contributed by atoms with Gasteiger partial charge in [0.25, 0.3) is 0 Å². The van der Waals surface area contributed by atoms with Gasteiger partial charge in [-0.15, -0.1) is 0 Å². The second kappa shape index (κ2) is 7.12. The molecule has 110 valence electrons. The number of amides is 2. The van der Waals surface area contributed by atoms with Crippen molar-refractivity contribution >= 4 is 18.0 Å². The fraction of sp³-hybridized carbons (Fsp3) is 0.455. The minimum absolute atomic E-state index is 0.139. The molecule has 0 radical (unpaired) electrons. The third-order valence-corrected chi connectivity index (χ3v) is 2.58. The molecule has 9 nitrogen and oxygen atoms in total. The minimum Gasteiger partial charge on any atom is -0.481 e. The normalized spacial score (nSPS) is 11.7. The van der Waals surface area contributed by atoms with E-state index in [-0.39, 0.29) is 19.4 Å². The van der Waals surface area contributed by atoms with Crippen molar-refractivity contribution in [2.24, 2.45) is 7.05 Å². The van der Waals surface area contributed by atoms with E-state index in [1.54, 1.807) is 24.0 Å². The summed E-state index contributed by atoms with van der Waals surface area (Å²) >= 11 is 0. The van der Waals surface area contributed by atoms with Gasteiger partial charge in [-0.05, 0) is 6.42 Å². The number of carbonyl (C=O) groups excluding carboxylic acids is 1. The third-order valence-electron chi connectivity index (χ3n) is 2.58. The van der Waals surface area contributed by atoms with Gasteiger partial charge in [0.2, 0.25) is 0 Å². The number of rotatable bonds is 7. The first kappa shape index (κ1) is 15.5. The van der Waals surface area contributed by atoms with Crippen molar-refractivity contribution in [3.63, 3.8) is 0 Å². The zero-order valence-electron chi connectivity index (χ0n) is 10.9.